The fraction of sp³-hybridized carbons (Fsp3) is 1.00. The van der Waals surface area contributed by atoms with Gasteiger partial charge < -0.3 is 4.74 Å². The van der Waals surface area contributed by atoms with Gasteiger partial charge in [-0.2, -0.15) is 0 Å². The van der Waals surface area contributed by atoms with Crippen LogP contribution in [0.3, 0.4) is 0 Å². The molecule has 0 aliphatic carbocycles. The molecule has 6 radical (unpaired) electrons. The molecule has 0 amide bonds. The zero-order chi connectivity index (χ0) is 8.20. The molecule has 0 saturated heterocycles. The maximum Gasteiger partial charge on any atom is 0.0635 e. The lowest BCUT2D eigenvalue weighted by Gasteiger charge is -2.28. The van der Waals surface area contributed by atoms with Gasteiger partial charge in [-0.1, -0.05) is 10.8 Å². The van der Waals surface area contributed by atoms with Crippen molar-refractivity contribution in [2.45, 2.75) is 23.9 Å². The molecular weight excluding hydrogens is 196 g/mol. The van der Waals surface area contributed by atoms with Crippen LogP contribution >= 0.6 is 22.5 Å². The van der Waals surface area contributed by atoms with Gasteiger partial charge in [0.05, 0.1) is 6.10 Å². The Labute approximate surface area is 78.3 Å². The van der Waals surface area contributed by atoms with Crippen molar-refractivity contribution < 1.29 is 4.74 Å². The second-order valence-electron chi connectivity index (χ2n) is 1.92. The molecule has 0 aromatic rings. The summed E-state index contributed by atoms with van der Waals surface area (Å²) in [7, 11) is 8.32. The third kappa shape index (κ3) is 3.47. The van der Waals surface area contributed by atoms with Gasteiger partial charge in [0.1, 0.15) is 0 Å². The van der Waals surface area contributed by atoms with Gasteiger partial charge in [0, 0.05) is 31.1 Å². The number of ether oxygens (including phenoxy) is 1. The minimum Gasteiger partial charge on any atom is -0.378 e. The summed E-state index contributed by atoms with van der Waals surface area (Å²) < 4.78 is 5.05. The van der Waals surface area contributed by atoms with E-state index in [1.54, 1.807) is 0 Å². The monoisotopic (exact) mass is 206 g/mol. The molecule has 0 aromatic heterocycles. The van der Waals surface area contributed by atoms with Gasteiger partial charge in [0.2, 0.25) is 0 Å². The van der Waals surface area contributed by atoms with Crippen LogP contribution in [0.2, 0.25) is 0 Å². The lowest BCUT2D eigenvalue weighted by atomic mass is 10.4. The normalized spacial score (nSPS) is 15.3. The Morgan fingerprint density at radius 2 is 2.20 bits per heavy atom. The Morgan fingerprint density at radius 1 is 1.70 bits per heavy atom. The highest BCUT2D eigenvalue weighted by atomic mass is 33.1. The standard InChI is InChI=1S/C5H10OS2Si2/c1-3-6-4(2)5(9,10)8-7/h4,7H,3H2,1-2H3. The van der Waals surface area contributed by atoms with Crippen LogP contribution in [0.1, 0.15) is 13.8 Å². The molecule has 0 fully saturated rings. The highest BCUT2D eigenvalue weighted by molar-refractivity contribution is 8.69. The second-order valence-corrected chi connectivity index (χ2v) is 6.10. The number of rotatable bonds is 4. The summed E-state index contributed by atoms with van der Waals surface area (Å²) in [5.74, 6) is 0. The van der Waals surface area contributed by atoms with E-state index in [0.717, 1.165) is 0 Å². The number of hydrogen-bond donors (Lipinski definition) is 1. The fourth-order valence-corrected chi connectivity index (χ4v) is 1.27. The van der Waals surface area contributed by atoms with Gasteiger partial charge in [-0.25, -0.2) is 0 Å². The third-order valence-corrected chi connectivity index (χ3v) is 5.07. The molecular formula is C5H10OS2Si2. The summed E-state index contributed by atoms with van der Waals surface area (Å²) in [6, 6.07) is 0. The SMILES string of the molecule is CCOC(C)C([Si])([Si])SS. The first-order valence-electron chi connectivity index (χ1n) is 2.98. The van der Waals surface area contributed by atoms with Gasteiger partial charge in [-0.05, 0) is 13.8 Å². The highest BCUT2D eigenvalue weighted by Crippen LogP contribution is 2.26. The van der Waals surface area contributed by atoms with E-state index in [2.05, 4.69) is 32.1 Å². The molecule has 5 heteroatoms. The summed E-state index contributed by atoms with van der Waals surface area (Å²) in [5.41, 5.74) is 0. The van der Waals surface area contributed by atoms with E-state index < -0.39 is 0 Å². The Bertz CT molecular complexity index is 99.6. The number of thiol groups is 1. The maximum atomic E-state index is 5.33. The van der Waals surface area contributed by atoms with E-state index in [-0.39, 0.29) is 10.1 Å². The van der Waals surface area contributed by atoms with Crippen molar-refractivity contribution in [1.29, 1.82) is 0 Å². The molecule has 0 bridgehead atoms. The van der Waals surface area contributed by atoms with Gasteiger partial charge in [-0.3, -0.25) is 0 Å². The van der Waals surface area contributed by atoms with E-state index in [9.17, 15) is 0 Å². The molecule has 1 atom stereocenters. The van der Waals surface area contributed by atoms with Crippen molar-refractivity contribution in [3.05, 3.63) is 0 Å². The van der Waals surface area contributed by atoms with Crippen molar-refractivity contribution in [3.8, 4) is 0 Å². The van der Waals surface area contributed by atoms with E-state index in [4.69, 9.17) is 4.74 Å². The van der Waals surface area contributed by atoms with Crippen molar-refractivity contribution in [3.63, 3.8) is 0 Å². The summed E-state index contributed by atoms with van der Waals surface area (Å²) in [4.78, 5) is 0. The first-order valence-corrected chi connectivity index (χ1v) is 5.85. The molecule has 0 heterocycles. The molecule has 1 nitrogen and oxygen atoms in total. The van der Waals surface area contributed by atoms with Crippen LogP contribution in [0.4, 0.5) is 0 Å². The number of hydrogen-bond acceptors (Lipinski definition) is 3. The molecule has 0 spiro atoms. The molecule has 56 valence electrons. The largest absolute Gasteiger partial charge is 0.378 e. The highest BCUT2D eigenvalue weighted by Gasteiger charge is 2.25. The Kier molecular flexibility index (Phi) is 5.40. The maximum absolute atomic E-state index is 5.33. The van der Waals surface area contributed by atoms with Crippen molar-refractivity contribution in [2.24, 2.45) is 0 Å². The predicted octanol–water partition coefficient (Wildman–Crippen LogP) is 0.980. The van der Waals surface area contributed by atoms with Crippen LogP contribution in [-0.4, -0.2) is 37.2 Å². The summed E-state index contributed by atoms with van der Waals surface area (Å²) in [6.07, 6.45) is 0.0910. The Balaban J connectivity index is 3.78. The molecule has 0 N–H and O–H groups in total. The van der Waals surface area contributed by atoms with Gasteiger partial charge in [0.25, 0.3) is 0 Å². The fourth-order valence-electron chi connectivity index (χ4n) is 0.442. The molecule has 0 aromatic carbocycles. The summed E-state index contributed by atoms with van der Waals surface area (Å²) >= 11 is 4.07. The van der Waals surface area contributed by atoms with Crippen molar-refractivity contribution in [1.82, 2.24) is 0 Å². The lowest BCUT2D eigenvalue weighted by Crippen LogP contribution is -2.39. The second kappa shape index (κ2) is 4.87. The van der Waals surface area contributed by atoms with Gasteiger partial charge in [-0.15, -0.1) is 11.7 Å². The molecule has 0 aliphatic heterocycles. The first-order chi connectivity index (χ1) is 4.54. The Morgan fingerprint density at radius 3 is 2.50 bits per heavy atom. The molecule has 10 heavy (non-hydrogen) atoms. The van der Waals surface area contributed by atoms with E-state index >= 15 is 0 Å². The minimum atomic E-state index is -0.279. The average molecular weight is 206 g/mol. The van der Waals surface area contributed by atoms with E-state index in [0.29, 0.717) is 6.61 Å². The van der Waals surface area contributed by atoms with Crippen LogP contribution in [0, 0.1) is 0 Å². The lowest BCUT2D eigenvalue weighted by molar-refractivity contribution is 0.0806. The minimum absolute atomic E-state index is 0.0910. The average Bonchev–Trinajstić information content (AvgIpc) is 1.89. The zero-order valence-corrected chi connectivity index (χ0v) is 9.76. The van der Waals surface area contributed by atoms with Crippen LogP contribution in [0.15, 0.2) is 0 Å². The molecule has 0 rings (SSSR count). The topological polar surface area (TPSA) is 9.23 Å². The first kappa shape index (κ1) is 11.1. The molecule has 0 aliphatic rings. The van der Waals surface area contributed by atoms with Crippen LogP contribution < -0.4 is 0 Å². The third-order valence-electron chi connectivity index (χ3n) is 1.13. The van der Waals surface area contributed by atoms with Crippen molar-refractivity contribution in [2.75, 3.05) is 6.61 Å². The Hall–Kier alpha value is 1.09. The van der Waals surface area contributed by atoms with Gasteiger partial charge in [0.15, 0.2) is 0 Å². The van der Waals surface area contributed by atoms with Gasteiger partial charge >= 0.3 is 0 Å². The van der Waals surface area contributed by atoms with Crippen LogP contribution in [-0.2, 0) is 4.74 Å². The van der Waals surface area contributed by atoms with Crippen LogP contribution in [0.5, 0.6) is 0 Å². The quantitative estimate of drug-likeness (QED) is 0.417. The predicted molar refractivity (Wildman–Crippen MR) is 51.9 cm³/mol. The van der Waals surface area contributed by atoms with E-state index in [1.807, 2.05) is 13.8 Å². The zero-order valence-electron chi connectivity index (χ0n) is 6.05. The molecule has 0 saturated carbocycles. The van der Waals surface area contributed by atoms with Crippen LogP contribution in [0.25, 0.3) is 0 Å². The summed E-state index contributed by atoms with van der Waals surface area (Å²) in [6.45, 7) is 4.66. The molecule has 1 unspecified atom stereocenters. The smallest absolute Gasteiger partial charge is 0.0635 e. The summed E-state index contributed by atoms with van der Waals surface area (Å²) in [5, 5.41) is 0. The van der Waals surface area contributed by atoms with Crippen molar-refractivity contribution >= 4 is 42.9 Å². The van der Waals surface area contributed by atoms with E-state index in [1.165, 1.54) is 10.8 Å².